The number of nitrogens with zero attached hydrogens (tertiary/aromatic N) is 6. The molecule has 0 radical (unpaired) electrons. The average molecular weight is 1110 g/mol. The van der Waals surface area contributed by atoms with E-state index >= 15 is 0 Å². The standard InChI is InChI=1S/C56H89N9O14/c1-17-33(9)46-48(70)57-29-41(67)61(13)44(31(5)6)49(71)58-38(27-36-22-24-37(66)25-23-36)56(78)79-35(11)51(73)65-26-20-19-21-39(65)52(74)62(14)45(32(7)8)50(72)59-43(30(3)4)54(76)60(12)40(28-42(68)69)53(75)64(16)47(34(10)18-2)55(77)63(46)15/h22-25,30-35,38-40,43-47,66H,17-21,26-29H2,1-16H3,(H,57,70)(H,58,71)(H,59,72)(H,68,69)/t33?,34?,35-,38+,39+,40+,43+,44+,45+,46+,47+/m1/s1. The molecule has 2 aliphatic rings. The first-order valence-corrected chi connectivity index (χ1v) is 27.6. The van der Waals surface area contributed by atoms with Gasteiger partial charge in [0.05, 0.1) is 13.0 Å². The second-order valence-corrected chi connectivity index (χ2v) is 22.5. The number of aromatic hydroxyl groups is 1. The van der Waals surface area contributed by atoms with Gasteiger partial charge in [-0.3, -0.25) is 47.9 Å². The Morgan fingerprint density at radius 1 is 0.620 bits per heavy atom. The molecule has 5 N–H and O–H groups in total. The maximum absolute atomic E-state index is 14.9. The normalized spacial score (nSPS) is 26.9. The molecule has 2 aliphatic heterocycles. The van der Waals surface area contributed by atoms with Crippen molar-refractivity contribution in [2.24, 2.45) is 29.6 Å². The number of aliphatic carboxylic acids is 1. The molecule has 23 heteroatoms. The van der Waals surface area contributed by atoms with E-state index in [-0.39, 0.29) is 25.1 Å². The van der Waals surface area contributed by atoms with E-state index in [0.717, 1.165) is 14.7 Å². The summed E-state index contributed by atoms with van der Waals surface area (Å²) < 4.78 is 5.80. The molecule has 23 nitrogen and oxygen atoms in total. The summed E-state index contributed by atoms with van der Waals surface area (Å²) in [5.41, 5.74) is 0.490. The number of amides is 9. The molecule has 0 saturated carbocycles. The smallest absolute Gasteiger partial charge is 0.329 e. The number of esters is 1. The Hall–Kier alpha value is -6.81. The van der Waals surface area contributed by atoms with Crippen LogP contribution in [0.1, 0.15) is 120 Å². The topological polar surface area (TPSA) is 293 Å². The zero-order valence-corrected chi connectivity index (χ0v) is 49.2. The molecule has 1 aromatic carbocycles. The van der Waals surface area contributed by atoms with Gasteiger partial charge in [-0.05, 0) is 73.5 Å². The van der Waals surface area contributed by atoms with Crippen LogP contribution in [0.3, 0.4) is 0 Å². The molecule has 0 spiro atoms. The largest absolute Gasteiger partial charge is 0.508 e. The predicted molar refractivity (Wildman–Crippen MR) is 292 cm³/mol. The number of phenolic OH excluding ortho intramolecular Hbond substituents is 1. The SMILES string of the molecule is CCC(C)[C@H]1C(=O)NCC(=O)N(C)[C@@H](C(C)C)C(=O)N[C@@H](Cc2ccc(O)cc2)C(=O)O[C@H](C)C(=O)N2CCCC[C@H]2C(=O)N(C)[C@@H](C(C)C)C(=O)N[C@@H](C(C)C)C(=O)N(C)[C@@H](CC(=O)O)C(=O)N(C)[C@@H](C(C)CC)C(=O)N1C. The molecule has 442 valence electrons. The van der Waals surface area contributed by atoms with Crippen molar-refractivity contribution in [3.8, 4) is 5.75 Å². The van der Waals surface area contributed by atoms with Crippen LogP contribution in [0, 0.1) is 29.6 Å². The molecule has 0 aliphatic carbocycles. The monoisotopic (exact) mass is 1110 g/mol. The number of carbonyl (C=O) groups excluding carboxylic acids is 10. The number of nitrogens with one attached hydrogen (secondary N) is 3. The second kappa shape index (κ2) is 29.4. The lowest BCUT2D eigenvalue weighted by Crippen LogP contribution is -2.63. The van der Waals surface area contributed by atoms with Crippen LogP contribution in [0.2, 0.25) is 0 Å². The number of benzene rings is 1. The van der Waals surface area contributed by atoms with E-state index in [4.69, 9.17) is 4.74 Å². The van der Waals surface area contributed by atoms with E-state index in [2.05, 4.69) is 16.0 Å². The van der Waals surface area contributed by atoms with Gasteiger partial charge in [-0.25, -0.2) is 4.79 Å². The molecule has 79 heavy (non-hydrogen) atoms. The van der Waals surface area contributed by atoms with Crippen LogP contribution in [0.15, 0.2) is 24.3 Å². The van der Waals surface area contributed by atoms with Gasteiger partial charge < -0.3 is 60.3 Å². The first kappa shape index (κ1) is 66.5. The molecule has 11 atom stereocenters. The Morgan fingerprint density at radius 3 is 1.67 bits per heavy atom. The van der Waals surface area contributed by atoms with Gasteiger partial charge in [0, 0.05) is 48.2 Å². The van der Waals surface area contributed by atoms with Crippen molar-refractivity contribution >= 4 is 65.1 Å². The van der Waals surface area contributed by atoms with Gasteiger partial charge >= 0.3 is 11.9 Å². The number of ether oxygens (including phenoxy) is 1. The quantitative estimate of drug-likeness (QED) is 0.198. The summed E-state index contributed by atoms with van der Waals surface area (Å²) in [7, 11) is 6.70. The van der Waals surface area contributed by atoms with E-state index < -0.39 is 162 Å². The van der Waals surface area contributed by atoms with Crippen molar-refractivity contribution in [3.63, 3.8) is 0 Å². The average Bonchev–Trinajstić information content (AvgIpc) is 3.41. The number of rotatable bonds is 11. The fraction of sp³-hybridized carbons (Fsp3) is 0.696. The molecule has 1 aromatic rings. The van der Waals surface area contributed by atoms with E-state index in [1.807, 2.05) is 0 Å². The molecular weight excluding hydrogens is 1020 g/mol. The number of fused-ring (bicyclic) bond motifs is 1. The number of carbonyl (C=O) groups is 11. The zero-order chi connectivity index (χ0) is 60.1. The third-order valence-corrected chi connectivity index (χ3v) is 15.6. The Labute approximate surface area is 465 Å². The molecule has 2 saturated heterocycles. The van der Waals surface area contributed by atoms with Crippen LogP contribution >= 0.6 is 0 Å². The van der Waals surface area contributed by atoms with Crippen molar-refractivity contribution in [2.45, 2.75) is 176 Å². The third kappa shape index (κ3) is 16.6. The Kier molecular flexibility index (Phi) is 24.8. The number of phenols is 1. The molecule has 0 aromatic heterocycles. The first-order chi connectivity index (χ1) is 36.8. The van der Waals surface area contributed by atoms with E-state index in [9.17, 15) is 63.0 Å². The number of hydrogen-bond donors (Lipinski definition) is 5. The molecule has 2 heterocycles. The van der Waals surface area contributed by atoms with Gasteiger partial charge in [0.25, 0.3) is 5.91 Å². The maximum atomic E-state index is 14.9. The summed E-state index contributed by atoms with van der Waals surface area (Å²) in [4.78, 5) is 164. The Morgan fingerprint density at radius 2 is 1.14 bits per heavy atom. The van der Waals surface area contributed by atoms with Crippen LogP contribution in [-0.2, 0) is 63.9 Å². The van der Waals surface area contributed by atoms with Crippen LogP contribution in [-0.4, -0.2) is 207 Å². The highest BCUT2D eigenvalue weighted by Gasteiger charge is 2.46. The molecule has 9 amide bonds. The zero-order valence-electron chi connectivity index (χ0n) is 49.2. The summed E-state index contributed by atoms with van der Waals surface area (Å²) in [5, 5.41) is 28.3. The summed E-state index contributed by atoms with van der Waals surface area (Å²) >= 11 is 0. The number of carboxylic acid groups (broad SMARTS) is 1. The van der Waals surface area contributed by atoms with Crippen molar-refractivity contribution in [3.05, 3.63) is 29.8 Å². The molecule has 0 bridgehead atoms. The van der Waals surface area contributed by atoms with Crippen molar-refractivity contribution in [2.75, 3.05) is 48.3 Å². The highest BCUT2D eigenvalue weighted by Crippen LogP contribution is 2.26. The second-order valence-electron chi connectivity index (χ2n) is 22.5. The van der Waals surface area contributed by atoms with Gasteiger partial charge in [-0.1, -0.05) is 94.2 Å². The predicted octanol–water partition coefficient (Wildman–Crippen LogP) is 2.02. The fourth-order valence-electron chi connectivity index (χ4n) is 10.5. The molecule has 3 rings (SSSR count). The lowest BCUT2D eigenvalue weighted by molar-refractivity contribution is -0.165. The number of likely N-dealkylation sites (N-methyl/N-ethyl adjacent to an activating group) is 5. The number of piperidine rings is 1. The lowest BCUT2D eigenvalue weighted by Gasteiger charge is -2.41. The minimum absolute atomic E-state index is 0.0571. The summed E-state index contributed by atoms with van der Waals surface area (Å²) in [6, 6.07) is -4.74. The van der Waals surface area contributed by atoms with E-state index in [0.29, 0.717) is 31.2 Å². The number of cyclic esters (lactones) is 1. The highest BCUT2D eigenvalue weighted by atomic mass is 16.5. The summed E-state index contributed by atoms with van der Waals surface area (Å²) in [5.74, 6) is -12.1. The van der Waals surface area contributed by atoms with Gasteiger partial charge in [0.15, 0.2) is 6.10 Å². The van der Waals surface area contributed by atoms with Crippen molar-refractivity contribution in [1.29, 1.82) is 0 Å². The fourth-order valence-corrected chi connectivity index (χ4v) is 10.5. The van der Waals surface area contributed by atoms with Crippen molar-refractivity contribution in [1.82, 2.24) is 45.3 Å². The van der Waals surface area contributed by atoms with Crippen molar-refractivity contribution < 1.29 is 67.7 Å². The van der Waals surface area contributed by atoms with E-state index in [1.165, 1.54) is 81.1 Å². The number of hydrogen-bond acceptors (Lipinski definition) is 13. The van der Waals surface area contributed by atoms with Gasteiger partial charge in [0.2, 0.25) is 47.3 Å². The highest BCUT2D eigenvalue weighted by molar-refractivity contribution is 5.99. The van der Waals surface area contributed by atoms with Gasteiger partial charge in [-0.2, -0.15) is 0 Å². The van der Waals surface area contributed by atoms with E-state index in [1.54, 1.807) is 69.2 Å². The Balaban J connectivity index is 2.27. The summed E-state index contributed by atoms with van der Waals surface area (Å²) in [6.07, 6.45) is -0.612. The summed E-state index contributed by atoms with van der Waals surface area (Å²) in [6.45, 7) is 17.8. The Bertz CT molecular complexity index is 2360. The number of carboxylic acids is 1. The van der Waals surface area contributed by atoms with Gasteiger partial charge in [-0.15, -0.1) is 0 Å². The first-order valence-electron chi connectivity index (χ1n) is 27.6. The van der Waals surface area contributed by atoms with Crippen LogP contribution in [0.5, 0.6) is 5.75 Å². The van der Waals surface area contributed by atoms with Gasteiger partial charge in [0.1, 0.15) is 54.1 Å². The van der Waals surface area contributed by atoms with Crippen LogP contribution in [0.4, 0.5) is 0 Å². The molecular formula is C56H89N9O14. The minimum atomic E-state index is -1.70. The maximum Gasteiger partial charge on any atom is 0.329 e. The third-order valence-electron chi connectivity index (χ3n) is 15.6. The lowest BCUT2D eigenvalue weighted by atomic mass is 9.92. The minimum Gasteiger partial charge on any atom is -0.508 e. The van der Waals surface area contributed by atoms with Crippen LogP contribution in [0.25, 0.3) is 0 Å². The molecule has 2 unspecified atom stereocenters. The molecule has 2 fully saturated rings. The van der Waals surface area contributed by atoms with Crippen LogP contribution < -0.4 is 16.0 Å².